The molecular formula is C16H16ClN5O2. The molecule has 24 heavy (non-hydrogen) atoms. The van der Waals surface area contributed by atoms with Gasteiger partial charge < -0.3 is 14.9 Å². The Morgan fingerprint density at radius 1 is 1.29 bits per heavy atom. The van der Waals surface area contributed by atoms with Gasteiger partial charge in [0.05, 0.1) is 11.1 Å². The summed E-state index contributed by atoms with van der Waals surface area (Å²) in [5.41, 5.74) is 1.38. The summed E-state index contributed by atoms with van der Waals surface area (Å²) in [6.07, 6.45) is 0.922. The van der Waals surface area contributed by atoms with Crippen LogP contribution < -0.4 is 4.90 Å². The summed E-state index contributed by atoms with van der Waals surface area (Å²) >= 11 is 6.20. The molecule has 1 N–H and O–H groups in total. The second kappa shape index (κ2) is 6.18. The van der Waals surface area contributed by atoms with Crippen molar-refractivity contribution in [2.45, 2.75) is 31.7 Å². The summed E-state index contributed by atoms with van der Waals surface area (Å²) in [7, 11) is 0. The van der Waals surface area contributed by atoms with Crippen LogP contribution in [-0.2, 0) is 0 Å². The van der Waals surface area contributed by atoms with E-state index in [9.17, 15) is 20.4 Å². The number of carboxylic acid groups (broad SMARTS) is 1. The smallest absolute Gasteiger partial charge is 0.407 e. The van der Waals surface area contributed by atoms with Crippen molar-refractivity contribution in [1.82, 2.24) is 9.88 Å². The van der Waals surface area contributed by atoms with Crippen LogP contribution in [0.15, 0.2) is 0 Å². The normalized spacial score (nSPS) is 20.4. The number of amides is 1. The SMILES string of the molecule is CC1CN(c2nc(Cl)c(C#N)c(C3CC3)c2C#N)CCN1C(=O)O. The Hall–Kier alpha value is -2.51. The van der Waals surface area contributed by atoms with Crippen molar-refractivity contribution in [2.24, 2.45) is 0 Å². The Kier molecular flexibility index (Phi) is 4.21. The molecule has 1 amide bonds. The Bertz CT molecular complexity index is 778. The van der Waals surface area contributed by atoms with Gasteiger partial charge in [0.15, 0.2) is 0 Å². The van der Waals surface area contributed by atoms with Crippen molar-refractivity contribution in [3.63, 3.8) is 0 Å². The molecule has 0 aromatic carbocycles. The predicted molar refractivity (Wildman–Crippen MR) is 87.1 cm³/mol. The summed E-state index contributed by atoms with van der Waals surface area (Å²) < 4.78 is 0. The Morgan fingerprint density at radius 2 is 1.96 bits per heavy atom. The summed E-state index contributed by atoms with van der Waals surface area (Å²) in [4.78, 5) is 18.8. The molecule has 0 spiro atoms. The molecule has 3 rings (SSSR count). The molecule has 2 fully saturated rings. The molecule has 124 valence electrons. The fourth-order valence-corrected chi connectivity index (χ4v) is 3.45. The maximum Gasteiger partial charge on any atom is 0.407 e. The number of pyridine rings is 1. The molecule has 1 aliphatic carbocycles. The van der Waals surface area contributed by atoms with E-state index in [0.29, 0.717) is 36.6 Å². The highest BCUT2D eigenvalue weighted by Crippen LogP contribution is 2.46. The molecule has 8 heteroatoms. The number of piperazine rings is 1. The maximum atomic E-state index is 11.2. The summed E-state index contributed by atoms with van der Waals surface area (Å²) in [6.45, 7) is 3.02. The zero-order chi connectivity index (χ0) is 17.4. The first-order chi connectivity index (χ1) is 11.5. The lowest BCUT2D eigenvalue weighted by atomic mass is 9.99. The third-order valence-corrected chi connectivity index (χ3v) is 4.83. The van der Waals surface area contributed by atoms with Gasteiger partial charge >= 0.3 is 6.09 Å². The van der Waals surface area contributed by atoms with Crippen LogP contribution in [0.1, 0.15) is 42.4 Å². The highest BCUT2D eigenvalue weighted by atomic mass is 35.5. The summed E-state index contributed by atoms with van der Waals surface area (Å²) in [5.74, 6) is 0.645. The fraction of sp³-hybridized carbons (Fsp3) is 0.500. The molecule has 1 aromatic heterocycles. The molecule has 1 saturated heterocycles. The molecule has 1 atom stereocenters. The lowest BCUT2D eigenvalue weighted by Gasteiger charge is -2.39. The van der Waals surface area contributed by atoms with E-state index < -0.39 is 6.09 Å². The minimum Gasteiger partial charge on any atom is -0.465 e. The van der Waals surface area contributed by atoms with E-state index in [-0.39, 0.29) is 22.7 Å². The van der Waals surface area contributed by atoms with Crippen LogP contribution in [0.3, 0.4) is 0 Å². The zero-order valence-electron chi connectivity index (χ0n) is 13.2. The van der Waals surface area contributed by atoms with Gasteiger partial charge in [0.1, 0.15) is 23.1 Å². The number of aromatic nitrogens is 1. The van der Waals surface area contributed by atoms with Crippen LogP contribution >= 0.6 is 11.6 Å². The predicted octanol–water partition coefficient (Wildman–Crippen LogP) is 2.54. The number of nitriles is 2. The summed E-state index contributed by atoms with van der Waals surface area (Å²) in [5, 5.41) is 28.3. The maximum absolute atomic E-state index is 11.2. The molecule has 2 heterocycles. The van der Waals surface area contributed by atoms with Gasteiger partial charge in [-0.2, -0.15) is 10.5 Å². The van der Waals surface area contributed by atoms with Crippen molar-refractivity contribution in [2.75, 3.05) is 24.5 Å². The van der Waals surface area contributed by atoms with Gasteiger partial charge in [-0.1, -0.05) is 11.6 Å². The van der Waals surface area contributed by atoms with Crippen molar-refractivity contribution in [3.8, 4) is 12.1 Å². The van der Waals surface area contributed by atoms with Gasteiger partial charge in [0.25, 0.3) is 0 Å². The minimum absolute atomic E-state index is 0.113. The van der Waals surface area contributed by atoms with Crippen LogP contribution in [-0.4, -0.2) is 46.8 Å². The molecule has 1 aromatic rings. The molecule has 1 aliphatic heterocycles. The molecule has 1 unspecified atom stereocenters. The zero-order valence-corrected chi connectivity index (χ0v) is 13.9. The number of anilines is 1. The Morgan fingerprint density at radius 3 is 2.46 bits per heavy atom. The van der Waals surface area contributed by atoms with Crippen LogP contribution in [0.4, 0.5) is 10.6 Å². The van der Waals surface area contributed by atoms with Gasteiger partial charge in [0.2, 0.25) is 0 Å². The van der Waals surface area contributed by atoms with E-state index in [0.717, 1.165) is 12.8 Å². The van der Waals surface area contributed by atoms with Crippen molar-refractivity contribution in [3.05, 3.63) is 21.8 Å². The number of nitrogens with zero attached hydrogens (tertiary/aromatic N) is 5. The second-order valence-corrected chi connectivity index (χ2v) is 6.52. The van der Waals surface area contributed by atoms with Gasteiger partial charge in [0, 0.05) is 25.7 Å². The number of halogens is 1. The van der Waals surface area contributed by atoms with E-state index in [4.69, 9.17) is 11.6 Å². The van der Waals surface area contributed by atoms with Gasteiger partial charge in [-0.15, -0.1) is 0 Å². The highest BCUT2D eigenvalue weighted by molar-refractivity contribution is 6.30. The van der Waals surface area contributed by atoms with E-state index in [1.54, 1.807) is 0 Å². The molecule has 0 bridgehead atoms. The van der Waals surface area contributed by atoms with Gasteiger partial charge in [-0.3, -0.25) is 0 Å². The molecule has 2 aliphatic rings. The third kappa shape index (κ3) is 2.72. The lowest BCUT2D eigenvalue weighted by molar-refractivity contribution is 0.122. The molecule has 1 saturated carbocycles. The largest absolute Gasteiger partial charge is 0.465 e. The highest BCUT2D eigenvalue weighted by Gasteiger charge is 2.35. The average Bonchev–Trinajstić information content (AvgIpc) is 3.37. The topological polar surface area (TPSA) is 104 Å². The van der Waals surface area contributed by atoms with E-state index in [1.165, 1.54) is 4.90 Å². The number of hydrogen-bond acceptors (Lipinski definition) is 5. The Labute approximate surface area is 144 Å². The first-order valence-electron chi connectivity index (χ1n) is 7.76. The van der Waals surface area contributed by atoms with Crippen molar-refractivity contribution < 1.29 is 9.90 Å². The van der Waals surface area contributed by atoms with E-state index in [2.05, 4.69) is 17.1 Å². The lowest BCUT2D eigenvalue weighted by Crippen LogP contribution is -2.54. The first-order valence-corrected chi connectivity index (χ1v) is 8.13. The minimum atomic E-state index is -0.952. The van der Waals surface area contributed by atoms with Crippen LogP contribution in [0.2, 0.25) is 5.15 Å². The van der Waals surface area contributed by atoms with E-state index >= 15 is 0 Å². The monoisotopic (exact) mass is 345 g/mol. The third-order valence-electron chi connectivity index (χ3n) is 4.55. The number of rotatable bonds is 2. The average molecular weight is 346 g/mol. The second-order valence-electron chi connectivity index (χ2n) is 6.16. The van der Waals surface area contributed by atoms with Crippen molar-refractivity contribution >= 4 is 23.5 Å². The standard InChI is InChI=1S/C16H16ClN5O2/c1-9-8-21(4-5-22(9)16(23)24)15-12(7-19)13(10-2-3-10)11(6-18)14(17)20-15/h9-10H,2-5,8H2,1H3,(H,23,24). The van der Waals surface area contributed by atoms with Crippen LogP contribution in [0, 0.1) is 22.7 Å². The summed E-state index contributed by atoms with van der Waals surface area (Å²) in [6, 6.07) is 4.04. The fourth-order valence-electron chi connectivity index (χ4n) is 3.22. The quantitative estimate of drug-likeness (QED) is 0.826. The molecular weight excluding hydrogens is 330 g/mol. The molecule has 7 nitrogen and oxygen atoms in total. The van der Waals surface area contributed by atoms with Crippen molar-refractivity contribution in [1.29, 1.82) is 10.5 Å². The van der Waals surface area contributed by atoms with Gasteiger partial charge in [-0.25, -0.2) is 9.78 Å². The number of carbonyl (C=O) groups is 1. The molecule has 0 radical (unpaired) electrons. The van der Waals surface area contributed by atoms with Crippen LogP contribution in [0.25, 0.3) is 0 Å². The first kappa shape index (κ1) is 16.4. The Balaban J connectivity index is 2.02. The van der Waals surface area contributed by atoms with E-state index in [1.807, 2.05) is 11.8 Å². The van der Waals surface area contributed by atoms with Crippen LogP contribution in [0.5, 0.6) is 0 Å². The van der Waals surface area contributed by atoms with Gasteiger partial charge in [-0.05, 0) is 31.2 Å². The number of hydrogen-bond donors (Lipinski definition) is 1.